The molecule has 2 aliphatic rings. The van der Waals surface area contributed by atoms with Crippen molar-refractivity contribution in [3.8, 4) is 5.75 Å². The number of benzene rings is 1. The zero-order valence-corrected chi connectivity index (χ0v) is 14.3. The van der Waals surface area contributed by atoms with Gasteiger partial charge < -0.3 is 10.1 Å². The van der Waals surface area contributed by atoms with Gasteiger partial charge in [0.25, 0.3) is 5.91 Å². The zero-order valence-electron chi connectivity index (χ0n) is 13.5. The predicted octanol–water partition coefficient (Wildman–Crippen LogP) is 3.68. The fraction of sp³-hybridized carbons (Fsp3) is 0.105. The number of hydrogen-bond acceptors (Lipinski definition) is 5. The molecule has 5 nitrogen and oxygen atoms in total. The van der Waals surface area contributed by atoms with Crippen molar-refractivity contribution in [3.05, 3.63) is 70.8 Å². The topological polar surface area (TPSA) is 63.6 Å². The van der Waals surface area contributed by atoms with Gasteiger partial charge in [-0.05, 0) is 54.6 Å². The summed E-state index contributed by atoms with van der Waals surface area (Å²) in [6, 6.07) is 13.3. The first kappa shape index (κ1) is 15.7. The molecule has 0 saturated carbocycles. The summed E-state index contributed by atoms with van der Waals surface area (Å²) in [6.07, 6.45) is 5.47. The molecule has 1 amide bonds. The van der Waals surface area contributed by atoms with Crippen LogP contribution in [-0.4, -0.2) is 22.2 Å². The highest BCUT2D eigenvalue weighted by Crippen LogP contribution is 2.33. The third-order valence-electron chi connectivity index (χ3n) is 3.83. The summed E-state index contributed by atoms with van der Waals surface area (Å²) in [5.41, 5.74) is 1.97. The summed E-state index contributed by atoms with van der Waals surface area (Å²) in [5.74, 6) is 1.26. The summed E-state index contributed by atoms with van der Waals surface area (Å²) >= 11 is 1.30. The largest absolute Gasteiger partial charge is 0.485 e. The number of para-hydroxylation sites is 1. The first-order chi connectivity index (χ1) is 12.2. The Bertz CT molecular complexity index is 919. The smallest absolute Gasteiger partial charge is 0.264 e. The highest BCUT2D eigenvalue weighted by molar-refractivity contribution is 8.18. The van der Waals surface area contributed by atoms with E-state index in [-0.39, 0.29) is 12.0 Å². The van der Waals surface area contributed by atoms with Crippen molar-refractivity contribution in [2.24, 2.45) is 4.99 Å². The van der Waals surface area contributed by atoms with E-state index in [9.17, 15) is 4.79 Å². The molecule has 1 unspecified atom stereocenters. The number of fused-ring (bicyclic) bond motifs is 1. The van der Waals surface area contributed by atoms with Crippen LogP contribution in [0.25, 0.3) is 6.08 Å². The summed E-state index contributed by atoms with van der Waals surface area (Å²) in [4.78, 5) is 21.3. The summed E-state index contributed by atoms with van der Waals surface area (Å²) in [5, 5.41) is 3.30. The highest BCUT2D eigenvalue weighted by atomic mass is 32.2. The van der Waals surface area contributed by atoms with E-state index in [0.717, 1.165) is 16.9 Å². The van der Waals surface area contributed by atoms with E-state index in [1.54, 1.807) is 12.3 Å². The van der Waals surface area contributed by atoms with E-state index in [1.165, 1.54) is 11.8 Å². The summed E-state index contributed by atoms with van der Waals surface area (Å²) in [6.45, 7) is 1.97. The fourth-order valence-electron chi connectivity index (χ4n) is 2.58. The number of amides is 1. The standard InChI is InChI=1S/C19H15N3O2S/c1-12-14(10-13-6-2-3-7-15(13)24-12)11-16-18(23)22-19(25-16)21-17-8-4-5-9-20-17/h2-12H,1H3,(H,20,21,22,23)/b16-11+. The average Bonchev–Trinajstić information content (AvgIpc) is 2.95. The minimum Gasteiger partial charge on any atom is -0.485 e. The number of aromatic nitrogens is 1. The molecule has 4 rings (SSSR count). The number of ether oxygens (including phenoxy) is 1. The number of thioether (sulfide) groups is 1. The molecule has 3 heterocycles. The number of nitrogens with zero attached hydrogens (tertiary/aromatic N) is 2. The Kier molecular flexibility index (Phi) is 4.11. The van der Waals surface area contributed by atoms with Gasteiger partial charge in [-0.15, -0.1) is 0 Å². The van der Waals surface area contributed by atoms with Crippen molar-refractivity contribution in [2.75, 3.05) is 0 Å². The number of aliphatic imine (C=N–C) groups is 1. The molecule has 1 fully saturated rings. The molecule has 1 N–H and O–H groups in total. The molecular formula is C19H15N3O2S. The van der Waals surface area contributed by atoms with E-state index < -0.39 is 0 Å². The van der Waals surface area contributed by atoms with Gasteiger partial charge >= 0.3 is 0 Å². The number of rotatable bonds is 2. The van der Waals surface area contributed by atoms with Crippen LogP contribution in [0.15, 0.2) is 70.2 Å². The zero-order chi connectivity index (χ0) is 17.2. The van der Waals surface area contributed by atoms with E-state index in [0.29, 0.717) is 15.9 Å². The Labute approximate surface area is 149 Å². The van der Waals surface area contributed by atoms with Crippen molar-refractivity contribution >= 4 is 34.7 Å². The quantitative estimate of drug-likeness (QED) is 0.840. The maximum atomic E-state index is 12.2. The molecule has 1 aromatic carbocycles. The number of carbonyl (C=O) groups excluding carboxylic acids is 1. The Hall–Kier alpha value is -2.86. The Balaban J connectivity index is 1.61. The second-order valence-electron chi connectivity index (χ2n) is 5.61. The van der Waals surface area contributed by atoms with Crippen molar-refractivity contribution in [1.29, 1.82) is 0 Å². The maximum Gasteiger partial charge on any atom is 0.264 e. The SMILES string of the molecule is CC1Oc2ccccc2C=C1/C=C1/SC(=Nc2ccccn2)NC1=O. The maximum absolute atomic E-state index is 12.2. The van der Waals surface area contributed by atoms with Crippen LogP contribution >= 0.6 is 11.8 Å². The van der Waals surface area contributed by atoms with Gasteiger partial charge in [-0.1, -0.05) is 24.3 Å². The number of amidine groups is 1. The van der Waals surface area contributed by atoms with Crippen molar-refractivity contribution in [2.45, 2.75) is 13.0 Å². The molecule has 1 aromatic heterocycles. The number of pyridine rings is 1. The minimum absolute atomic E-state index is 0.118. The lowest BCUT2D eigenvalue weighted by molar-refractivity contribution is -0.115. The van der Waals surface area contributed by atoms with Crippen LogP contribution in [0.1, 0.15) is 12.5 Å². The fourth-order valence-corrected chi connectivity index (χ4v) is 3.41. The van der Waals surface area contributed by atoms with Gasteiger partial charge in [-0.2, -0.15) is 0 Å². The lowest BCUT2D eigenvalue weighted by atomic mass is 10.0. The first-order valence-electron chi connectivity index (χ1n) is 7.87. The van der Waals surface area contributed by atoms with Crippen LogP contribution in [0.2, 0.25) is 0 Å². The normalized spacial score (nSPS) is 22.4. The van der Waals surface area contributed by atoms with Crippen LogP contribution in [0.3, 0.4) is 0 Å². The highest BCUT2D eigenvalue weighted by Gasteiger charge is 2.26. The number of hydrogen-bond donors (Lipinski definition) is 1. The molecular weight excluding hydrogens is 334 g/mol. The Morgan fingerprint density at radius 1 is 1.24 bits per heavy atom. The van der Waals surface area contributed by atoms with E-state index >= 15 is 0 Å². The van der Waals surface area contributed by atoms with Gasteiger partial charge in [0.1, 0.15) is 11.9 Å². The molecule has 25 heavy (non-hydrogen) atoms. The minimum atomic E-state index is -0.161. The molecule has 2 aromatic rings. The van der Waals surface area contributed by atoms with Gasteiger partial charge in [-0.25, -0.2) is 9.98 Å². The molecule has 6 heteroatoms. The monoisotopic (exact) mass is 349 g/mol. The van der Waals surface area contributed by atoms with Gasteiger partial charge in [0.2, 0.25) is 0 Å². The van der Waals surface area contributed by atoms with Gasteiger partial charge in [0.15, 0.2) is 11.0 Å². The van der Waals surface area contributed by atoms with Crippen LogP contribution < -0.4 is 10.1 Å². The first-order valence-corrected chi connectivity index (χ1v) is 8.68. The molecule has 0 spiro atoms. The molecule has 1 saturated heterocycles. The molecule has 2 aliphatic heterocycles. The van der Waals surface area contributed by atoms with Crippen LogP contribution in [0, 0.1) is 0 Å². The van der Waals surface area contributed by atoms with Crippen LogP contribution in [0.5, 0.6) is 5.75 Å². The second-order valence-corrected chi connectivity index (χ2v) is 6.64. The van der Waals surface area contributed by atoms with Gasteiger partial charge in [0.05, 0.1) is 4.91 Å². The number of carbonyl (C=O) groups is 1. The van der Waals surface area contributed by atoms with E-state index in [4.69, 9.17) is 4.74 Å². The molecule has 0 aliphatic carbocycles. The van der Waals surface area contributed by atoms with Crippen molar-refractivity contribution in [3.63, 3.8) is 0 Å². The Morgan fingerprint density at radius 2 is 2.08 bits per heavy atom. The Morgan fingerprint density at radius 3 is 2.92 bits per heavy atom. The molecule has 0 bridgehead atoms. The molecule has 1 atom stereocenters. The predicted molar refractivity (Wildman–Crippen MR) is 99.7 cm³/mol. The lowest BCUT2D eigenvalue weighted by Crippen LogP contribution is -2.20. The second kappa shape index (κ2) is 6.57. The van der Waals surface area contributed by atoms with E-state index in [2.05, 4.69) is 21.4 Å². The number of nitrogens with one attached hydrogen (secondary N) is 1. The van der Waals surface area contributed by atoms with Crippen molar-refractivity contribution in [1.82, 2.24) is 10.3 Å². The average molecular weight is 349 g/mol. The van der Waals surface area contributed by atoms with Crippen LogP contribution in [0.4, 0.5) is 5.82 Å². The summed E-state index contributed by atoms with van der Waals surface area (Å²) in [7, 11) is 0. The molecule has 124 valence electrons. The molecule has 0 radical (unpaired) electrons. The third-order valence-corrected chi connectivity index (χ3v) is 4.74. The van der Waals surface area contributed by atoms with Crippen molar-refractivity contribution < 1.29 is 9.53 Å². The summed E-state index contributed by atoms with van der Waals surface area (Å²) < 4.78 is 5.92. The van der Waals surface area contributed by atoms with Gasteiger partial charge in [0, 0.05) is 11.8 Å². The van der Waals surface area contributed by atoms with E-state index in [1.807, 2.05) is 49.4 Å². The third kappa shape index (κ3) is 3.34. The lowest BCUT2D eigenvalue weighted by Gasteiger charge is -2.22. The van der Waals surface area contributed by atoms with Gasteiger partial charge in [-0.3, -0.25) is 4.79 Å². The van der Waals surface area contributed by atoms with Crippen LogP contribution in [-0.2, 0) is 4.79 Å².